The first-order chi connectivity index (χ1) is 18.1. The molecular formula is C28H37N3O7. The highest BCUT2D eigenvalue weighted by Crippen LogP contribution is 2.33. The smallest absolute Gasteiger partial charge is 0.410 e. The second kappa shape index (κ2) is 11.9. The van der Waals surface area contributed by atoms with E-state index in [1.165, 1.54) is 7.11 Å². The van der Waals surface area contributed by atoms with Crippen molar-refractivity contribution in [2.75, 3.05) is 40.0 Å². The summed E-state index contributed by atoms with van der Waals surface area (Å²) in [5.41, 5.74) is 0.319. The van der Waals surface area contributed by atoms with E-state index < -0.39 is 23.9 Å². The Morgan fingerprint density at radius 2 is 1.92 bits per heavy atom. The van der Waals surface area contributed by atoms with Crippen molar-refractivity contribution in [3.05, 3.63) is 42.0 Å². The third-order valence-corrected chi connectivity index (χ3v) is 6.32. The summed E-state index contributed by atoms with van der Waals surface area (Å²) in [4.78, 5) is 41.0. The Labute approximate surface area is 223 Å². The van der Waals surface area contributed by atoms with E-state index in [2.05, 4.69) is 16.1 Å². The van der Waals surface area contributed by atoms with Crippen LogP contribution in [0.5, 0.6) is 5.75 Å². The number of carbonyl (C=O) groups excluding carboxylic acids is 3. The monoisotopic (exact) mass is 527 g/mol. The van der Waals surface area contributed by atoms with Gasteiger partial charge in [-0.25, -0.2) is 9.59 Å². The number of fused-ring (bicyclic) bond motifs is 1. The molecule has 1 aliphatic carbocycles. The molecule has 4 rings (SSSR count). The lowest BCUT2D eigenvalue weighted by Gasteiger charge is -2.36. The summed E-state index contributed by atoms with van der Waals surface area (Å²) in [6, 6.07) is 12.0. The van der Waals surface area contributed by atoms with Crippen LogP contribution in [0.3, 0.4) is 0 Å². The molecule has 10 heteroatoms. The summed E-state index contributed by atoms with van der Waals surface area (Å²) in [6.45, 7) is 7.25. The van der Waals surface area contributed by atoms with Gasteiger partial charge in [0, 0.05) is 24.5 Å². The third-order valence-electron chi connectivity index (χ3n) is 6.32. The number of alkyl carbamates (subject to hydrolysis) is 1. The van der Waals surface area contributed by atoms with Gasteiger partial charge in [0.05, 0.1) is 26.8 Å². The zero-order chi connectivity index (χ0) is 27.3. The maximum Gasteiger partial charge on any atom is 0.410 e. The molecule has 0 bridgehead atoms. The highest BCUT2D eigenvalue weighted by atomic mass is 16.6. The van der Waals surface area contributed by atoms with E-state index in [-0.39, 0.29) is 31.7 Å². The van der Waals surface area contributed by atoms with Crippen molar-refractivity contribution in [3.63, 3.8) is 0 Å². The maximum absolute atomic E-state index is 13.6. The van der Waals surface area contributed by atoms with Crippen molar-refractivity contribution in [1.82, 2.24) is 15.1 Å². The Kier molecular flexibility index (Phi) is 8.61. The first-order valence-corrected chi connectivity index (χ1v) is 13.0. The number of carbonyl (C=O) groups is 3. The minimum atomic E-state index is -0.738. The molecule has 1 N–H and O–H groups in total. The van der Waals surface area contributed by atoms with E-state index in [0.717, 1.165) is 29.2 Å². The molecule has 2 aliphatic rings. The van der Waals surface area contributed by atoms with Crippen molar-refractivity contribution in [3.8, 4) is 5.75 Å². The van der Waals surface area contributed by atoms with E-state index in [9.17, 15) is 14.4 Å². The topological polar surface area (TPSA) is 107 Å². The van der Waals surface area contributed by atoms with Gasteiger partial charge >= 0.3 is 12.2 Å². The van der Waals surface area contributed by atoms with Crippen LogP contribution in [0.1, 0.15) is 39.2 Å². The van der Waals surface area contributed by atoms with Crippen LogP contribution in [0.2, 0.25) is 0 Å². The Morgan fingerprint density at radius 1 is 1.16 bits per heavy atom. The molecule has 2 aromatic rings. The van der Waals surface area contributed by atoms with Crippen molar-refractivity contribution in [2.24, 2.45) is 0 Å². The molecule has 0 aromatic heterocycles. The highest BCUT2D eigenvalue weighted by molar-refractivity contribution is 5.89. The van der Waals surface area contributed by atoms with Gasteiger partial charge in [-0.3, -0.25) is 4.79 Å². The van der Waals surface area contributed by atoms with Crippen LogP contribution in [0.4, 0.5) is 9.59 Å². The highest BCUT2D eigenvalue weighted by Gasteiger charge is 2.39. The second-order valence-corrected chi connectivity index (χ2v) is 10.6. The number of nitrogens with one attached hydrogen (secondary N) is 1. The summed E-state index contributed by atoms with van der Waals surface area (Å²) in [7, 11) is 1.31. The van der Waals surface area contributed by atoms with Crippen molar-refractivity contribution in [1.29, 1.82) is 0 Å². The molecule has 0 spiro atoms. The average Bonchev–Trinajstić information content (AvgIpc) is 3.73. The number of hydrogen-bond donors (Lipinski definition) is 1. The van der Waals surface area contributed by atoms with E-state index >= 15 is 0 Å². The van der Waals surface area contributed by atoms with Crippen molar-refractivity contribution < 1.29 is 33.3 Å². The molecule has 1 saturated carbocycles. The number of methoxy groups -OCH3 is 1. The number of ether oxygens (including phenoxy) is 4. The standard InChI is InChI=1S/C28H37N3O7/c1-28(2,3)38-27(34)30-12-14-37-24(18-30)25(32)31(21-9-10-21)17-19-15-20-7-5-6-8-22(20)23(16-19)36-13-11-29-26(33)35-4/h5-8,15-16,21,24H,9-14,17-18H2,1-4H3,(H,29,33)/t24-/m1/s1. The molecule has 2 fully saturated rings. The van der Waals surface area contributed by atoms with Crippen LogP contribution in [0.15, 0.2) is 36.4 Å². The summed E-state index contributed by atoms with van der Waals surface area (Å²) in [5.74, 6) is 0.552. The quantitative estimate of drug-likeness (QED) is 0.522. The fourth-order valence-corrected chi connectivity index (χ4v) is 4.38. The predicted molar refractivity (Wildman–Crippen MR) is 141 cm³/mol. The lowest BCUT2D eigenvalue weighted by molar-refractivity contribution is -0.150. The van der Waals surface area contributed by atoms with Gasteiger partial charge in [-0.15, -0.1) is 0 Å². The minimum absolute atomic E-state index is 0.126. The fourth-order valence-electron chi connectivity index (χ4n) is 4.38. The number of amides is 3. The largest absolute Gasteiger partial charge is 0.491 e. The lowest BCUT2D eigenvalue weighted by Crippen LogP contribution is -2.53. The summed E-state index contributed by atoms with van der Waals surface area (Å²) < 4.78 is 21.9. The Bertz CT molecular complexity index is 1160. The normalized spacial score (nSPS) is 17.6. The predicted octanol–water partition coefficient (Wildman–Crippen LogP) is 3.70. The molecule has 0 radical (unpaired) electrons. The molecular weight excluding hydrogens is 490 g/mol. The van der Waals surface area contributed by atoms with Crippen molar-refractivity contribution >= 4 is 28.9 Å². The van der Waals surface area contributed by atoms with E-state index in [4.69, 9.17) is 14.2 Å². The number of morpholine rings is 1. The molecule has 206 valence electrons. The molecule has 2 aromatic carbocycles. The molecule has 0 unspecified atom stereocenters. The maximum atomic E-state index is 13.6. The molecule has 1 aliphatic heterocycles. The molecule has 10 nitrogen and oxygen atoms in total. The van der Waals surface area contributed by atoms with Crippen LogP contribution in [-0.2, 0) is 25.5 Å². The zero-order valence-corrected chi connectivity index (χ0v) is 22.5. The second-order valence-electron chi connectivity index (χ2n) is 10.6. The molecule has 1 atom stereocenters. The Balaban J connectivity index is 1.47. The van der Waals surface area contributed by atoms with Gasteiger partial charge in [0.15, 0.2) is 6.10 Å². The summed E-state index contributed by atoms with van der Waals surface area (Å²) in [5, 5.41) is 4.55. The van der Waals surface area contributed by atoms with Gasteiger partial charge in [0.25, 0.3) is 5.91 Å². The van der Waals surface area contributed by atoms with E-state index in [0.29, 0.717) is 25.4 Å². The van der Waals surface area contributed by atoms with Crippen molar-refractivity contribution in [2.45, 2.75) is 57.9 Å². The molecule has 38 heavy (non-hydrogen) atoms. The van der Waals surface area contributed by atoms with E-state index in [1.54, 1.807) is 4.90 Å². The molecule has 3 amide bonds. The van der Waals surface area contributed by atoms with Crippen LogP contribution < -0.4 is 10.1 Å². The summed E-state index contributed by atoms with van der Waals surface area (Å²) >= 11 is 0. The average molecular weight is 528 g/mol. The van der Waals surface area contributed by atoms with Gasteiger partial charge in [-0.2, -0.15) is 0 Å². The van der Waals surface area contributed by atoms with Gasteiger partial charge in [-0.05, 0) is 56.7 Å². The molecule has 1 saturated heterocycles. The van der Waals surface area contributed by atoms with Gasteiger partial charge in [0.1, 0.15) is 18.0 Å². The first kappa shape index (κ1) is 27.5. The molecule has 1 heterocycles. The lowest BCUT2D eigenvalue weighted by atomic mass is 10.0. The Morgan fingerprint density at radius 3 is 2.63 bits per heavy atom. The zero-order valence-electron chi connectivity index (χ0n) is 22.5. The number of rotatable bonds is 8. The van der Waals surface area contributed by atoms with Crippen LogP contribution in [-0.4, -0.2) is 85.6 Å². The van der Waals surface area contributed by atoms with Crippen LogP contribution in [0, 0.1) is 0 Å². The van der Waals surface area contributed by atoms with Gasteiger partial charge in [0.2, 0.25) is 0 Å². The van der Waals surface area contributed by atoms with Gasteiger partial charge in [-0.1, -0.05) is 24.3 Å². The van der Waals surface area contributed by atoms with Crippen LogP contribution in [0.25, 0.3) is 10.8 Å². The van der Waals surface area contributed by atoms with Crippen LogP contribution >= 0.6 is 0 Å². The SMILES string of the molecule is COC(=O)NCCOc1cc(CN(C(=O)[C@H]2CN(C(=O)OC(C)(C)C)CCO2)C2CC2)cc2ccccc12. The number of hydrogen-bond acceptors (Lipinski definition) is 7. The van der Waals surface area contributed by atoms with Gasteiger partial charge < -0.3 is 34.1 Å². The summed E-state index contributed by atoms with van der Waals surface area (Å²) in [6.07, 6.45) is 0.183. The fraction of sp³-hybridized carbons (Fsp3) is 0.536. The number of benzene rings is 2. The minimum Gasteiger partial charge on any atom is -0.491 e. The number of nitrogens with zero attached hydrogens (tertiary/aromatic N) is 2. The third kappa shape index (κ3) is 7.28. The Hall–Kier alpha value is -3.53. The van der Waals surface area contributed by atoms with E-state index in [1.807, 2.05) is 56.0 Å². The first-order valence-electron chi connectivity index (χ1n) is 13.0.